The number of phenolic OH excluding ortho intramolecular Hbond substituents is 1. The fourth-order valence-corrected chi connectivity index (χ4v) is 3.11. The summed E-state index contributed by atoms with van der Waals surface area (Å²) >= 11 is 2.91. The van der Waals surface area contributed by atoms with Crippen molar-refractivity contribution in [1.82, 2.24) is 9.38 Å². The zero-order valence-corrected chi connectivity index (χ0v) is 15.2. The first-order valence-electron chi connectivity index (χ1n) is 7.45. The van der Waals surface area contributed by atoms with E-state index in [1.54, 1.807) is 0 Å². The number of aromatic amines is 1. The summed E-state index contributed by atoms with van der Waals surface area (Å²) < 4.78 is 14.4. The number of hydrogen-bond donors (Lipinski definition) is 5. The molecule has 0 aliphatic heterocycles. The Morgan fingerprint density at radius 3 is 2.44 bits per heavy atom. The van der Waals surface area contributed by atoms with E-state index in [1.807, 2.05) is 0 Å². The van der Waals surface area contributed by atoms with Crippen LogP contribution in [-0.2, 0) is 0 Å². The maximum absolute atomic E-state index is 13.8. The Kier molecular flexibility index (Phi) is 4.52. The molecule has 0 bridgehead atoms. The van der Waals surface area contributed by atoms with Crippen LogP contribution in [-0.4, -0.2) is 43.4 Å². The zero-order valence-electron chi connectivity index (χ0n) is 13.6. The molecule has 3 rings (SSSR count). The minimum atomic E-state index is -1.28. The topological polar surface area (TPSA) is 135 Å². The summed E-state index contributed by atoms with van der Waals surface area (Å²) in [7, 11) is 5.68. The number of ketones is 1. The van der Waals surface area contributed by atoms with E-state index in [9.17, 15) is 34.4 Å². The fraction of sp³-hybridized carbons (Fsp3) is 0.125. The molecule has 0 spiro atoms. The number of imidazole rings is 1. The Balaban J connectivity index is 2.41. The number of halogens is 2. The first-order valence-corrected chi connectivity index (χ1v) is 8.24. The van der Waals surface area contributed by atoms with E-state index in [-0.39, 0.29) is 21.4 Å². The minimum absolute atomic E-state index is 0.100. The summed E-state index contributed by atoms with van der Waals surface area (Å²) in [5.41, 5.74) is -2.62. The van der Waals surface area contributed by atoms with Crippen molar-refractivity contribution in [1.29, 1.82) is 0 Å². The lowest BCUT2D eigenvalue weighted by Crippen LogP contribution is -2.24. The van der Waals surface area contributed by atoms with Gasteiger partial charge in [0.2, 0.25) is 11.5 Å². The number of carbonyl (C=O) groups excluding carboxylic acids is 1. The number of fused-ring (bicyclic) bond motifs is 1. The van der Waals surface area contributed by atoms with Crippen molar-refractivity contribution < 1.29 is 29.6 Å². The SMILES string of the molecule is [B]c1c(O)c(O)c(=O)n2c(C(=O)c3cc(F)c(O)c(Br)c3)c(C(C)O)[nH]c12. The second kappa shape index (κ2) is 6.43. The van der Waals surface area contributed by atoms with Gasteiger partial charge in [-0.1, -0.05) is 0 Å². The van der Waals surface area contributed by atoms with Gasteiger partial charge in [0.25, 0.3) is 0 Å². The van der Waals surface area contributed by atoms with E-state index in [0.717, 1.165) is 12.1 Å². The van der Waals surface area contributed by atoms with Crippen LogP contribution < -0.4 is 11.0 Å². The second-order valence-electron chi connectivity index (χ2n) is 5.78. The molecule has 0 saturated carbocycles. The summed E-state index contributed by atoms with van der Waals surface area (Å²) in [6, 6.07) is 1.88. The average Bonchev–Trinajstić information content (AvgIpc) is 3.02. The third kappa shape index (κ3) is 2.79. The molecular weight excluding hydrogens is 426 g/mol. The number of H-pyrrole nitrogens is 1. The van der Waals surface area contributed by atoms with Crippen molar-refractivity contribution in [2.45, 2.75) is 13.0 Å². The highest BCUT2D eigenvalue weighted by Gasteiger charge is 2.28. The molecule has 2 heterocycles. The Morgan fingerprint density at radius 2 is 1.89 bits per heavy atom. The predicted molar refractivity (Wildman–Crippen MR) is 96.6 cm³/mol. The van der Waals surface area contributed by atoms with E-state index in [4.69, 9.17) is 7.85 Å². The van der Waals surface area contributed by atoms with Gasteiger partial charge < -0.3 is 25.4 Å². The molecule has 0 fully saturated rings. The number of rotatable bonds is 3. The van der Waals surface area contributed by atoms with Gasteiger partial charge in [0.15, 0.2) is 17.3 Å². The Labute approximate surface area is 160 Å². The van der Waals surface area contributed by atoms with E-state index in [0.29, 0.717) is 4.40 Å². The molecule has 27 heavy (non-hydrogen) atoms. The molecule has 0 aliphatic carbocycles. The normalized spacial score (nSPS) is 12.4. The van der Waals surface area contributed by atoms with Crippen molar-refractivity contribution >= 4 is 40.7 Å². The van der Waals surface area contributed by atoms with Crippen molar-refractivity contribution in [3.8, 4) is 17.2 Å². The van der Waals surface area contributed by atoms with Gasteiger partial charge in [-0.25, -0.2) is 4.39 Å². The van der Waals surface area contributed by atoms with Crippen LogP contribution in [0.5, 0.6) is 17.2 Å². The van der Waals surface area contributed by atoms with Gasteiger partial charge in [0.05, 0.1) is 16.3 Å². The number of nitrogens with zero attached hydrogens (tertiary/aromatic N) is 1. The molecular formula is C16H11BBrFN2O6. The quantitative estimate of drug-likeness (QED) is 0.303. The first kappa shape index (κ1) is 19.0. The number of phenols is 1. The van der Waals surface area contributed by atoms with Crippen LogP contribution in [0.3, 0.4) is 0 Å². The molecule has 0 amide bonds. The molecule has 11 heteroatoms. The summed E-state index contributed by atoms with van der Waals surface area (Å²) in [5.74, 6) is -4.66. The lowest BCUT2D eigenvalue weighted by Gasteiger charge is -2.09. The molecule has 3 aromatic rings. The Bertz CT molecular complexity index is 1150. The molecule has 1 atom stereocenters. The van der Waals surface area contributed by atoms with Crippen molar-refractivity contribution in [2.75, 3.05) is 0 Å². The van der Waals surface area contributed by atoms with Crippen LogP contribution in [0, 0.1) is 5.82 Å². The molecule has 8 nitrogen and oxygen atoms in total. The minimum Gasteiger partial charge on any atom is -0.504 e. The molecule has 2 radical (unpaired) electrons. The number of aliphatic hydroxyl groups excluding tert-OH is 1. The Morgan fingerprint density at radius 1 is 1.26 bits per heavy atom. The fourth-order valence-electron chi connectivity index (χ4n) is 2.67. The van der Waals surface area contributed by atoms with Gasteiger partial charge in [-0.3, -0.25) is 14.0 Å². The number of aliphatic hydroxyl groups is 1. The third-order valence-electron chi connectivity index (χ3n) is 4.01. The Hall–Kier alpha value is -2.79. The van der Waals surface area contributed by atoms with Gasteiger partial charge in [0, 0.05) is 5.56 Å². The summed E-state index contributed by atoms with van der Waals surface area (Å²) in [6.07, 6.45) is -1.28. The molecule has 0 saturated heterocycles. The number of hydrogen-bond acceptors (Lipinski definition) is 6. The monoisotopic (exact) mass is 436 g/mol. The van der Waals surface area contributed by atoms with Crippen LogP contribution in [0.1, 0.15) is 34.8 Å². The zero-order chi connectivity index (χ0) is 20.2. The molecule has 5 N–H and O–H groups in total. The first-order chi connectivity index (χ1) is 12.6. The summed E-state index contributed by atoms with van der Waals surface area (Å²) in [6.45, 7) is 1.30. The number of aromatic nitrogens is 2. The summed E-state index contributed by atoms with van der Waals surface area (Å²) in [5, 5.41) is 39.0. The van der Waals surface area contributed by atoms with Crippen LogP contribution in [0.25, 0.3) is 5.65 Å². The van der Waals surface area contributed by atoms with Gasteiger partial charge in [-0.15, -0.1) is 0 Å². The van der Waals surface area contributed by atoms with Crippen LogP contribution in [0.4, 0.5) is 4.39 Å². The maximum atomic E-state index is 13.8. The van der Waals surface area contributed by atoms with Gasteiger partial charge in [0.1, 0.15) is 19.2 Å². The number of aromatic hydroxyl groups is 3. The number of carbonyl (C=O) groups is 1. The van der Waals surface area contributed by atoms with Crippen LogP contribution in [0.2, 0.25) is 0 Å². The van der Waals surface area contributed by atoms with Gasteiger partial charge in [-0.2, -0.15) is 0 Å². The predicted octanol–water partition coefficient (Wildman–Crippen LogP) is 0.724. The largest absolute Gasteiger partial charge is 0.504 e. The van der Waals surface area contributed by atoms with Crippen LogP contribution >= 0.6 is 15.9 Å². The summed E-state index contributed by atoms with van der Waals surface area (Å²) in [4.78, 5) is 28.0. The molecule has 138 valence electrons. The van der Waals surface area contributed by atoms with Crippen LogP contribution in [0.15, 0.2) is 21.4 Å². The number of nitrogens with one attached hydrogen (secondary N) is 1. The van der Waals surface area contributed by atoms with E-state index in [2.05, 4.69) is 20.9 Å². The average molecular weight is 437 g/mol. The lowest BCUT2D eigenvalue weighted by molar-refractivity contribution is 0.102. The smallest absolute Gasteiger partial charge is 0.302 e. The number of benzene rings is 1. The van der Waals surface area contributed by atoms with Crippen molar-refractivity contribution in [3.63, 3.8) is 0 Å². The molecule has 0 aliphatic rings. The van der Waals surface area contributed by atoms with Crippen molar-refractivity contribution in [3.05, 3.63) is 49.7 Å². The van der Waals surface area contributed by atoms with Crippen molar-refractivity contribution in [2.24, 2.45) is 0 Å². The molecule has 1 unspecified atom stereocenters. The highest BCUT2D eigenvalue weighted by Crippen LogP contribution is 2.30. The number of pyridine rings is 1. The standard InChI is InChI=1S/C16H11BBrFN2O6/c1-4(22)9-10(11(23)5-2-6(18)12(24)7(19)3-5)21-15(20-9)8(17)13(25)14(26)16(21)27/h2-4,20,22,24-26H,1H3. The molecule has 1 aromatic carbocycles. The van der Waals surface area contributed by atoms with E-state index < -0.39 is 51.7 Å². The van der Waals surface area contributed by atoms with E-state index >= 15 is 0 Å². The highest BCUT2D eigenvalue weighted by molar-refractivity contribution is 9.10. The third-order valence-corrected chi connectivity index (χ3v) is 4.61. The second-order valence-corrected chi connectivity index (χ2v) is 6.64. The van der Waals surface area contributed by atoms with Gasteiger partial charge in [-0.05, 0) is 40.4 Å². The molecule has 2 aromatic heterocycles. The lowest BCUT2D eigenvalue weighted by atomic mass is 9.96. The van der Waals surface area contributed by atoms with E-state index in [1.165, 1.54) is 6.92 Å². The van der Waals surface area contributed by atoms with Gasteiger partial charge >= 0.3 is 5.56 Å². The maximum Gasteiger partial charge on any atom is 0.302 e. The highest BCUT2D eigenvalue weighted by atomic mass is 79.9.